The minimum atomic E-state index is -0.308. The number of hydrogen-bond donors (Lipinski definition) is 0. The Hall–Kier alpha value is -3.86. The third-order valence-corrected chi connectivity index (χ3v) is 5.33. The Morgan fingerprint density at radius 2 is 1.60 bits per heavy atom. The maximum Gasteiger partial charge on any atom is 0.261 e. The molecule has 0 bridgehead atoms. The molecule has 0 saturated heterocycles. The maximum atomic E-state index is 13.4. The first-order valence-electron chi connectivity index (χ1n) is 9.72. The number of ether oxygens (including phenoxy) is 2. The minimum absolute atomic E-state index is 0.161. The van der Waals surface area contributed by atoms with Crippen LogP contribution in [0.5, 0.6) is 11.5 Å². The first-order chi connectivity index (χ1) is 14.6. The van der Waals surface area contributed by atoms with Crippen LogP contribution in [0.4, 0.5) is 0 Å². The standard InChI is InChI=1S/C25H19NO4/c1-16-6-8-17(9-7-16)12-21-19-4-2-3-5-20(19)24(27)26(25(21)28)14-18-10-11-22-23(13-18)30-15-29-22/h2-13H,14-15H2,1H3. The Balaban J connectivity index is 1.55. The molecule has 0 fully saturated rings. The quantitative estimate of drug-likeness (QED) is 0.484. The molecule has 3 aromatic carbocycles. The highest BCUT2D eigenvalue weighted by molar-refractivity contribution is 6.33. The van der Waals surface area contributed by atoms with E-state index in [0.717, 1.165) is 16.7 Å². The Bertz CT molecular complexity index is 1190. The van der Waals surface area contributed by atoms with Gasteiger partial charge in [0.25, 0.3) is 11.8 Å². The molecule has 148 valence electrons. The Morgan fingerprint density at radius 1 is 0.867 bits per heavy atom. The predicted molar refractivity (Wildman–Crippen MR) is 113 cm³/mol. The van der Waals surface area contributed by atoms with Gasteiger partial charge in [0.15, 0.2) is 11.5 Å². The molecule has 2 aliphatic rings. The van der Waals surface area contributed by atoms with Crippen molar-refractivity contribution in [2.24, 2.45) is 0 Å². The highest BCUT2D eigenvalue weighted by atomic mass is 16.7. The second kappa shape index (κ2) is 7.19. The van der Waals surface area contributed by atoms with Gasteiger partial charge >= 0.3 is 0 Å². The molecular formula is C25H19NO4. The van der Waals surface area contributed by atoms with Gasteiger partial charge in [-0.2, -0.15) is 0 Å². The van der Waals surface area contributed by atoms with E-state index in [2.05, 4.69) is 0 Å². The lowest BCUT2D eigenvalue weighted by Gasteiger charge is -2.29. The Labute approximate surface area is 174 Å². The number of aryl methyl sites for hydroxylation is 1. The van der Waals surface area contributed by atoms with Gasteiger partial charge in [-0.25, -0.2) is 0 Å². The summed E-state index contributed by atoms with van der Waals surface area (Å²) in [5.74, 6) is 0.687. The number of imide groups is 1. The normalized spacial score (nSPS) is 16.2. The molecule has 0 spiro atoms. The van der Waals surface area contributed by atoms with E-state index in [1.165, 1.54) is 4.90 Å². The van der Waals surface area contributed by atoms with Crippen LogP contribution in [-0.2, 0) is 11.3 Å². The van der Waals surface area contributed by atoms with Crippen LogP contribution in [0, 0.1) is 6.92 Å². The lowest BCUT2D eigenvalue weighted by molar-refractivity contribution is -0.123. The number of hydrogen-bond acceptors (Lipinski definition) is 4. The van der Waals surface area contributed by atoms with E-state index in [0.29, 0.717) is 28.2 Å². The smallest absolute Gasteiger partial charge is 0.261 e. The molecule has 2 aliphatic heterocycles. The van der Waals surface area contributed by atoms with Crippen LogP contribution in [0.3, 0.4) is 0 Å². The van der Waals surface area contributed by atoms with Crippen molar-refractivity contribution in [3.63, 3.8) is 0 Å². The molecule has 0 aliphatic carbocycles. The van der Waals surface area contributed by atoms with Crippen LogP contribution < -0.4 is 9.47 Å². The molecule has 0 atom stereocenters. The molecule has 0 N–H and O–H groups in total. The molecule has 5 heteroatoms. The second-order valence-corrected chi connectivity index (χ2v) is 7.40. The van der Waals surface area contributed by atoms with E-state index in [4.69, 9.17) is 9.47 Å². The summed E-state index contributed by atoms with van der Waals surface area (Å²) in [6.07, 6.45) is 1.85. The third-order valence-electron chi connectivity index (χ3n) is 5.33. The average molecular weight is 397 g/mol. The number of rotatable bonds is 3. The summed E-state index contributed by atoms with van der Waals surface area (Å²) in [5, 5.41) is 0. The number of benzene rings is 3. The SMILES string of the molecule is Cc1ccc(C=C2C(=O)N(Cc3ccc4c(c3)OCO4)C(=O)c3ccccc32)cc1. The molecule has 2 heterocycles. The fourth-order valence-electron chi connectivity index (χ4n) is 3.74. The van der Waals surface area contributed by atoms with Crippen LogP contribution in [-0.4, -0.2) is 23.5 Å². The van der Waals surface area contributed by atoms with Gasteiger partial charge in [0.2, 0.25) is 6.79 Å². The van der Waals surface area contributed by atoms with Gasteiger partial charge in [-0.15, -0.1) is 0 Å². The van der Waals surface area contributed by atoms with Crippen LogP contribution in [0.15, 0.2) is 66.7 Å². The fraction of sp³-hybridized carbons (Fsp3) is 0.120. The summed E-state index contributed by atoms with van der Waals surface area (Å²) in [6.45, 7) is 2.36. The number of carbonyl (C=O) groups is 2. The highest BCUT2D eigenvalue weighted by Crippen LogP contribution is 2.35. The topological polar surface area (TPSA) is 55.8 Å². The first-order valence-corrected chi connectivity index (χ1v) is 9.72. The van der Waals surface area contributed by atoms with Crippen LogP contribution >= 0.6 is 0 Å². The Kier molecular flexibility index (Phi) is 4.36. The number of fused-ring (bicyclic) bond motifs is 2. The lowest BCUT2D eigenvalue weighted by atomic mass is 9.91. The van der Waals surface area contributed by atoms with Crippen molar-refractivity contribution in [3.8, 4) is 11.5 Å². The minimum Gasteiger partial charge on any atom is -0.454 e. The first kappa shape index (κ1) is 18.2. The summed E-state index contributed by atoms with van der Waals surface area (Å²) in [4.78, 5) is 27.8. The number of carbonyl (C=O) groups excluding carboxylic acids is 2. The monoisotopic (exact) mass is 397 g/mol. The highest BCUT2D eigenvalue weighted by Gasteiger charge is 2.34. The summed E-state index contributed by atoms with van der Waals surface area (Å²) in [7, 11) is 0. The van der Waals surface area contributed by atoms with Crippen molar-refractivity contribution >= 4 is 23.5 Å². The fourth-order valence-corrected chi connectivity index (χ4v) is 3.74. The van der Waals surface area contributed by atoms with E-state index in [9.17, 15) is 9.59 Å². The molecule has 2 amide bonds. The van der Waals surface area contributed by atoms with Gasteiger partial charge in [0.05, 0.1) is 6.54 Å². The summed E-state index contributed by atoms with van der Waals surface area (Å²) >= 11 is 0. The molecule has 3 aromatic rings. The van der Waals surface area contributed by atoms with Crippen molar-refractivity contribution in [1.82, 2.24) is 4.90 Å². The number of amides is 2. The van der Waals surface area contributed by atoms with Crippen LogP contribution in [0.25, 0.3) is 11.6 Å². The van der Waals surface area contributed by atoms with Gasteiger partial charge in [-0.3, -0.25) is 14.5 Å². The van der Waals surface area contributed by atoms with Gasteiger partial charge in [0, 0.05) is 11.1 Å². The zero-order chi connectivity index (χ0) is 20.7. The van der Waals surface area contributed by atoms with E-state index < -0.39 is 0 Å². The van der Waals surface area contributed by atoms with Gasteiger partial charge in [-0.05, 0) is 47.9 Å². The average Bonchev–Trinajstić information content (AvgIpc) is 3.23. The second-order valence-electron chi connectivity index (χ2n) is 7.40. The van der Waals surface area contributed by atoms with Gasteiger partial charge in [0.1, 0.15) is 0 Å². The van der Waals surface area contributed by atoms with Crippen LogP contribution in [0.2, 0.25) is 0 Å². The largest absolute Gasteiger partial charge is 0.454 e. The molecule has 5 rings (SSSR count). The molecule has 0 radical (unpaired) electrons. The van der Waals surface area contributed by atoms with Gasteiger partial charge < -0.3 is 9.47 Å². The molecule has 30 heavy (non-hydrogen) atoms. The Morgan fingerprint density at radius 3 is 2.40 bits per heavy atom. The van der Waals surface area contributed by atoms with Crippen molar-refractivity contribution in [1.29, 1.82) is 0 Å². The summed E-state index contributed by atoms with van der Waals surface area (Å²) in [6, 6.07) is 20.6. The number of nitrogens with zero attached hydrogens (tertiary/aromatic N) is 1. The summed E-state index contributed by atoms with van der Waals surface area (Å²) in [5.41, 5.74) is 4.55. The lowest BCUT2D eigenvalue weighted by Crippen LogP contribution is -2.41. The van der Waals surface area contributed by atoms with E-state index >= 15 is 0 Å². The molecular weight excluding hydrogens is 378 g/mol. The van der Waals surface area contributed by atoms with Crippen molar-refractivity contribution in [2.45, 2.75) is 13.5 Å². The summed E-state index contributed by atoms with van der Waals surface area (Å²) < 4.78 is 10.8. The van der Waals surface area contributed by atoms with Crippen molar-refractivity contribution in [3.05, 3.63) is 94.5 Å². The van der Waals surface area contributed by atoms with Gasteiger partial charge in [-0.1, -0.05) is 54.1 Å². The zero-order valence-corrected chi connectivity index (χ0v) is 16.4. The zero-order valence-electron chi connectivity index (χ0n) is 16.4. The molecule has 5 nitrogen and oxygen atoms in total. The maximum absolute atomic E-state index is 13.4. The molecule has 0 unspecified atom stereocenters. The third kappa shape index (κ3) is 3.14. The van der Waals surface area contributed by atoms with E-state index in [1.54, 1.807) is 12.1 Å². The van der Waals surface area contributed by atoms with E-state index in [-0.39, 0.29) is 25.2 Å². The van der Waals surface area contributed by atoms with Crippen molar-refractivity contribution < 1.29 is 19.1 Å². The predicted octanol–water partition coefficient (Wildman–Crippen LogP) is 4.45. The molecule has 0 aromatic heterocycles. The molecule has 0 saturated carbocycles. The van der Waals surface area contributed by atoms with E-state index in [1.807, 2.05) is 67.6 Å². The van der Waals surface area contributed by atoms with Crippen LogP contribution in [0.1, 0.15) is 32.6 Å². The van der Waals surface area contributed by atoms with Crippen molar-refractivity contribution in [2.75, 3.05) is 6.79 Å².